The van der Waals surface area contributed by atoms with Crippen LogP contribution < -0.4 is 10.6 Å². The summed E-state index contributed by atoms with van der Waals surface area (Å²) < 4.78 is 39.3. The summed E-state index contributed by atoms with van der Waals surface area (Å²) in [5.41, 5.74) is -0.407. The van der Waals surface area contributed by atoms with Crippen LogP contribution in [0.4, 0.5) is 23.8 Å². The zero-order chi connectivity index (χ0) is 16.3. The Balaban J connectivity index is 2.00. The lowest BCUT2D eigenvalue weighted by Gasteiger charge is -2.08. The summed E-state index contributed by atoms with van der Waals surface area (Å²) >= 11 is 0. The third-order valence-electron chi connectivity index (χ3n) is 2.74. The van der Waals surface area contributed by atoms with Crippen LogP contribution in [-0.4, -0.2) is 20.8 Å². The highest BCUT2D eigenvalue weighted by atomic mass is 19.4. The molecule has 2 amide bonds. The van der Waals surface area contributed by atoms with Crippen molar-refractivity contribution >= 4 is 11.8 Å². The van der Waals surface area contributed by atoms with Crippen LogP contribution in [0.25, 0.3) is 0 Å². The predicted molar refractivity (Wildman–Crippen MR) is 73.0 cm³/mol. The summed E-state index contributed by atoms with van der Waals surface area (Å²) in [7, 11) is 1.38. The fraction of sp³-hybridized carbons (Fsp3) is 0.308. The summed E-state index contributed by atoms with van der Waals surface area (Å²) in [4.78, 5) is 15.8. The summed E-state index contributed by atoms with van der Waals surface area (Å²) in [6, 6.07) is 4.41. The molecule has 6 nitrogen and oxygen atoms in total. The molecule has 0 fully saturated rings. The zero-order valence-electron chi connectivity index (χ0n) is 11.9. The fourth-order valence-corrected chi connectivity index (χ4v) is 1.85. The quantitative estimate of drug-likeness (QED) is 0.914. The van der Waals surface area contributed by atoms with E-state index in [2.05, 4.69) is 20.7 Å². The topological polar surface area (TPSA) is 71.8 Å². The monoisotopic (exact) mass is 313 g/mol. The Morgan fingerprint density at radius 1 is 1.36 bits per heavy atom. The Morgan fingerprint density at radius 2 is 2.09 bits per heavy atom. The second-order valence-electron chi connectivity index (χ2n) is 4.65. The van der Waals surface area contributed by atoms with Crippen molar-refractivity contribution in [1.82, 2.24) is 20.1 Å². The van der Waals surface area contributed by atoms with Crippen molar-refractivity contribution in [1.29, 1.82) is 0 Å². The molecule has 2 aromatic rings. The molecular weight excluding hydrogens is 299 g/mol. The minimum absolute atomic E-state index is 0.109. The Bertz CT molecular complexity index is 681. The number of halogens is 3. The van der Waals surface area contributed by atoms with E-state index in [1.54, 1.807) is 25.1 Å². The number of rotatable bonds is 3. The highest BCUT2D eigenvalue weighted by molar-refractivity contribution is 5.88. The van der Waals surface area contributed by atoms with Crippen LogP contribution in [0.1, 0.15) is 17.0 Å². The number of hydrogen-bond acceptors (Lipinski definition) is 3. The van der Waals surface area contributed by atoms with Crippen molar-refractivity contribution in [3.63, 3.8) is 0 Å². The molecule has 9 heteroatoms. The molecule has 0 aliphatic carbocycles. The number of aromatic nitrogens is 3. The van der Waals surface area contributed by atoms with Crippen LogP contribution in [0, 0.1) is 6.92 Å². The highest BCUT2D eigenvalue weighted by Crippen LogP contribution is 2.30. The minimum Gasteiger partial charge on any atom is -0.334 e. The standard InChI is InChI=1S/C13H14F3N5O/c1-8-4-3-5-10(18-8)19-12(22)17-6-9-7-21(2)20-11(9)13(14,15)16/h3-5,7H,6H2,1-2H3,(H2,17,18,19,22). The Morgan fingerprint density at radius 3 is 2.73 bits per heavy atom. The molecule has 22 heavy (non-hydrogen) atoms. The number of pyridine rings is 1. The third-order valence-corrected chi connectivity index (χ3v) is 2.74. The van der Waals surface area contributed by atoms with Gasteiger partial charge in [0.25, 0.3) is 0 Å². The number of nitrogens with zero attached hydrogens (tertiary/aromatic N) is 3. The molecule has 118 valence electrons. The van der Waals surface area contributed by atoms with Crippen LogP contribution >= 0.6 is 0 Å². The molecule has 0 saturated carbocycles. The van der Waals surface area contributed by atoms with Gasteiger partial charge in [-0.15, -0.1) is 0 Å². The van der Waals surface area contributed by atoms with Gasteiger partial charge >= 0.3 is 12.2 Å². The second-order valence-corrected chi connectivity index (χ2v) is 4.65. The van der Waals surface area contributed by atoms with E-state index in [9.17, 15) is 18.0 Å². The van der Waals surface area contributed by atoms with E-state index in [0.29, 0.717) is 11.5 Å². The molecule has 0 atom stereocenters. The molecule has 2 aromatic heterocycles. The Hall–Kier alpha value is -2.58. The number of carbonyl (C=O) groups is 1. The Kier molecular flexibility index (Phi) is 4.34. The first-order valence-electron chi connectivity index (χ1n) is 6.34. The maximum absolute atomic E-state index is 12.8. The maximum atomic E-state index is 12.8. The van der Waals surface area contributed by atoms with Gasteiger partial charge in [0.2, 0.25) is 0 Å². The Labute approximate surface area is 124 Å². The number of urea groups is 1. The number of aryl methyl sites for hydroxylation is 2. The van der Waals surface area contributed by atoms with E-state index in [4.69, 9.17) is 0 Å². The normalized spacial score (nSPS) is 11.3. The largest absolute Gasteiger partial charge is 0.435 e. The molecule has 0 aliphatic rings. The van der Waals surface area contributed by atoms with Crippen molar-refractivity contribution in [2.24, 2.45) is 7.05 Å². The van der Waals surface area contributed by atoms with Gasteiger partial charge in [-0.05, 0) is 19.1 Å². The average Bonchev–Trinajstić information content (AvgIpc) is 2.78. The lowest BCUT2D eigenvalue weighted by atomic mass is 10.2. The van der Waals surface area contributed by atoms with Crippen molar-refractivity contribution in [3.8, 4) is 0 Å². The summed E-state index contributed by atoms with van der Waals surface area (Å²) in [5.74, 6) is 0.319. The van der Waals surface area contributed by atoms with E-state index in [1.165, 1.54) is 13.2 Å². The molecule has 0 bridgehead atoms. The van der Waals surface area contributed by atoms with Crippen LogP contribution in [0.15, 0.2) is 24.4 Å². The van der Waals surface area contributed by atoms with Gasteiger partial charge < -0.3 is 5.32 Å². The first-order chi connectivity index (χ1) is 10.3. The second kappa shape index (κ2) is 6.04. The van der Waals surface area contributed by atoms with Crippen molar-refractivity contribution < 1.29 is 18.0 Å². The number of carbonyl (C=O) groups excluding carboxylic acids is 1. The van der Waals surface area contributed by atoms with E-state index in [1.807, 2.05) is 0 Å². The lowest BCUT2D eigenvalue weighted by molar-refractivity contribution is -0.142. The van der Waals surface area contributed by atoms with Crippen LogP contribution in [0.2, 0.25) is 0 Å². The first kappa shape index (κ1) is 15.8. The van der Waals surface area contributed by atoms with Gasteiger partial charge in [-0.2, -0.15) is 18.3 Å². The third kappa shape index (κ3) is 3.96. The SMILES string of the molecule is Cc1cccc(NC(=O)NCc2cn(C)nc2C(F)(F)F)n1. The minimum atomic E-state index is -4.56. The molecule has 2 N–H and O–H groups in total. The number of alkyl halides is 3. The van der Waals surface area contributed by atoms with Crippen molar-refractivity contribution in [2.45, 2.75) is 19.6 Å². The van der Waals surface area contributed by atoms with Gasteiger partial charge in [-0.3, -0.25) is 10.00 Å². The van der Waals surface area contributed by atoms with Crippen LogP contribution in [0.3, 0.4) is 0 Å². The van der Waals surface area contributed by atoms with Gasteiger partial charge in [0, 0.05) is 31.0 Å². The highest BCUT2D eigenvalue weighted by Gasteiger charge is 2.36. The van der Waals surface area contributed by atoms with Gasteiger partial charge in [-0.25, -0.2) is 9.78 Å². The molecule has 0 unspecified atom stereocenters. The zero-order valence-corrected chi connectivity index (χ0v) is 11.9. The molecule has 2 rings (SSSR count). The first-order valence-corrected chi connectivity index (χ1v) is 6.34. The molecule has 0 saturated heterocycles. The van der Waals surface area contributed by atoms with Crippen LogP contribution in [-0.2, 0) is 19.8 Å². The summed E-state index contributed by atoms with van der Waals surface area (Å²) in [6.45, 7) is 1.47. The number of anilines is 1. The molecule has 0 spiro atoms. The van der Waals surface area contributed by atoms with Gasteiger partial charge in [-0.1, -0.05) is 6.07 Å². The van der Waals surface area contributed by atoms with Gasteiger partial charge in [0.1, 0.15) is 5.82 Å². The fourth-order valence-electron chi connectivity index (χ4n) is 1.85. The average molecular weight is 313 g/mol. The van der Waals surface area contributed by atoms with E-state index >= 15 is 0 Å². The molecule has 0 aromatic carbocycles. The van der Waals surface area contributed by atoms with Gasteiger partial charge in [0.05, 0.1) is 0 Å². The number of amides is 2. The van der Waals surface area contributed by atoms with E-state index in [-0.39, 0.29) is 12.1 Å². The van der Waals surface area contributed by atoms with Crippen LogP contribution in [0.5, 0.6) is 0 Å². The lowest BCUT2D eigenvalue weighted by Crippen LogP contribution is -2.29. The maximum Gasteiger partial charge on any atom is 0.435 e. The van der Waals surface area contributed by atoms with E-state index < -0.39 is 17.9 Å². The van der Waals surface area contributed by atoms with Crippen molar-refractivity contribution in [2.75, 3.05) is 5.32 Å². The number of hydrogen-bond donors (Lipinski definition) is 2. The smallest absolute Gasteiger partial charge is 0.334 e. The van der Waals surface area contributed by atoms with Crippen molar-refractivity contribution in [3.05, 3.63) is 41.3 Å². The number of nitrogens with one attached hydrogen (secondary N) is 2. The predicted octanol–water partition coefficient (Wildman–Crippen LogP) is 2.46. The summed E-state index contributed by atoms with van der Waals surface area (Å²) in [6.07, 6.45) is -3.35. The molecule has 0 aliphatic heterocycles. The van der Waals surface area contributed by atoms with Gasteiger partial charge in [0.15, 0.2) is 5.69 Å². The summed E-state index contributed by atoms with van der Waals surface area (Å²) in [5, 5.41) is 8.16. The van der Waals surface area contributed by atoms with E-state index in [0.717, 1.165) is 4.68 Å². The molecule has 2 heterocycles. The molecule has 0 radical (unpaired) electrons. The molecular formula is C13H14F3N5O.